The van der Waals surface area contributed by atoms with Gasteiger partial charge >= 0.3 is 12.1 Å². The minimum atomic E-state index is -5.08. The number of nitrogens with one attached hydrogen (secondary N) is 1. The molecule has 1 aliphatic rings. The zero-order chi connectivity index (χ0) is 25.8. The topological polar surface area (TPSA) is 90.0 Å². The lowest BCUT2D eigenvalue weighted by Crippen LogP contribution is -2.47. The summed E-state index contributed by atoms with van der Waals surface area (Å²) in [6.45, 7) is 3.79. The van der Waals surface area contributed by atoms with E-state index in [2.05, 4.69) is 5.32 Å². The van der Waals surface area contributed by atoms with E-state index in [0.717, 1.165) is 18.7 Å². The van der Waals surface area contributed by atoms with E-state index < -0.39 is 18.0 Å². The number of aliphatic carboxylic acids is 1. The van der Waals surface area contributed by atoms with Crippen molar-refractivity contribution in [2.75, 3.05) is 39.3 Å². The van der Waals surface area contributed by atoms with Gasteiger partial charge in [0.1, 0.15) is 5.82 Å². The molecule has 2 amide bonds. The Hall–Kier alpha value is -3.47. The van der Waals surface area contributed by atoms with Crippen LogP contribution in [-0.4, -0.2) is 78.1 Å². The molecule has 0 spiro atoms. The molecule has 1 heterocycles. The van der Waals surface area contributed by atoms with Crippen molar-refractivity contribution in [2.24, 2.45) is 0 Å². The maximum Gasteiger partial charge on any atom is 0.490 e. The Morgan fingerprint density at radius 3 is 2.17 bits per heavy atom. The molecular weight excluding hydrogens is 470 g/mol. The smallest absolute Gasteiger partial charge is 0.475 e. The molecule has 0 radical (unpaired) electrons. The van der Waals surface area contributed by atoms with Crippen LogP contribution in [-0.2, 0) is 16.0 Å². The second-order valence-corrected chi connectivity index (χ2v) is 7.72. The lowest BCUT2D eigenvalue weighted by atomic mass is 10.1. The number of benzene rings is 2. The van der Waals surface area contributed by atoms with Gasteiger partial charge in [0.25, 0.3) is 5.91 Å². The standard InChI is InChI=1S/C22H26FN3O2.C2HF3O2/c23-20-8-4-7-19(17-20)22(28)26(13-9-18-5-2-1-3-6-18)14-10-21(27)25-15-11-24-12-16-25;3-2(4,5)1(6)7/h1-8,17,24H,9-16H2;(H,6,7). The number of piperazine rings is 1. The maximum absolute atomic E-state index is 13.6. The van der Waals surface area contributed by atoms with Gasteiger partial charge in [0.05, 0.1) is 0 Å². The van der Waals surface area contributed by atoms with Crippen LogP contribution < -0.4 is 5.32 Å². The van der Waals surface area contributed by atoms with Crippen molar-refractivity contribution in [3.05, 3.63) is 71.5 Å². The Kier molecular flexibility index (Phi) is 10.7. The SMILES string of the molecule is O=C(CCN(CCc1ccccc1)C(=O)c1cccc(F)c1)N1CCNCC1.O=C(O)C(F)(F)F. The lowest BCUT2D eigenvalue weighted by molar-refractivity contribution is -0.192. The molecular formula is C24H27F4N3O4. The average Bonchev–Trinajstić information content (AvgIpc) is 2.84. The van der Waals surface area contributed by atoms with Crippen LogP contribution >= 0.6 is 0 Å². The van der Waals surface area contributed by atoms with Gasteiger partial charge in [0, 0.05) is 51.3 Å². The van der Waals surface area contributed by atoms with Crippen molar-refractivity contribution in [3.63, 3.8) is 0 Å². The monoisotopic (exact) mass is 497 g/mol. The van der Waals surface area contributed by atoms with Gasteiger partial charge in [0.15, 0.2) is 0 Å². The Morgan fingerprint density at radius 1 is 0.971 bits per heavy atom. The van der Waals surface area contributed by atoms with E-state index in [1.54, 1.807) is 11.0 Å². The molecule has 0 unspecified atom stereocenters. The molecule has 3 rings (SSSR count). The zero-order valence-corrected chi connectivity index (χ0v) is 18.9. The molecule has 7 nitrogen and oxygen atoms in total. The number of nitrogens with zero attached hydrogens (tertiary/aromatic N) is 2. The number of hydrogen-bond donors (Lipinski definition) is 2. The molecule has 1 saturated heterocycles. The molecule has 2 N–H and O–H groups in total. The summed E-state index contributed by atoms with van der Waals surface area (Å²) in [6, 6.07) is 15.6. The van der Waals surface area contributed by atoms with Crippen LogP contribution in [0.15, 0.2) is 54.6 Å². The van der Waals surface area contributed by atoms with E-state index >= 15 is 0 Å². The minimum Gasteiger partial charge on any atom is -0.475 e. The van der Waals surface area contributed by atoms with Crippen LogP contribution in [0.25, 0.3) is 0 Å². The number of carboxylic acid groups (broad SMARTS) is 1. The highest BCUT2D eigenvalue weighted by molar-refractivity contribution is 5.94. The molecule has 1 fully saturated rings. The zero-order valence-electron chi connectivity index (χ0n) is 18.9. The van der Waals surface area contributed by atoms with E-state index in [-0.39, 0.29) is 18.2 Å². The second-order valence-electron chi connectivity index (χ2n) is 7.72. The minimum absolute atomic E-state index is 0.0539. The van der Waals surface area contributed by atoms with Crippen LogP contribution in [0, 0.1) is 5.82 Å². The molecule has 1 aliphatic heterocycles. The fourth-order valence-electron chi connectivity index (χ4n) is 3.33. The molecule has 0 aliphatic carbocycles. The number of hydrogen-bond acceptors (Lipinski definition) is 4. The van der Waals surface area contributed by atoms with Crippen LogP contribution in [0.2, 0.25) is 0 Å². The van der Waals surface area contributed by atoms with E-state index in [0.29, 0.717) is 38.2 Å². The largest absolute Gasteiger partial charge is 0.490 e. The quantitative estimate of drug-likeness (QED) is 0.575. The van der Waals surface area contributed by atoms with Crippen LogP contribution in [0.1, 0.15) is 22.3 Å². The third-order valence-electron chi connectivity index (χ3n) is 5.18. The highest BCUT2D eigenvalue weighted by Crippen LogP contribution is 2.13. The summed E-state index contributed by atoms with van der Waals surface area (Å²) in [5.74, 6) is -3.39. The first kappa shape index (κ1) is 27.8. The van der Waals surface area contributed by atoms with Crippen molar-refractivity contribution in [1.82, 2.24) is 15.1 Å². The van der Waals surface area contributed by atoms with Gasteiger partial charge in [-0.15, -0.1) is 0 Å². The first-order valence-corrected chi connectivity index (χ1v) is 11.0. The molecule has 0 saturated carbocycles. The Balaban J connectivity index is 0.000000540. The molecule has 2 aromatic carbocycles. The lowest BCUT2D eigenvalue weighted by Gasteiger charge is -2.29. The fourth-order valence-corrected chi connectivity index (χ4v) is 3.33. The molecule has 0 bridgehead atoms. The van der Waals surface area contributed by atoms with Gasteiger partial charge in [0.2, 0.25) is 5.91 Å². The highest BCUT2D eigenvalue weighted by Gasteiger charge is 2.38. The Bertz CT molecular complexity index is 980. The Morgan fingerprint density at radius 2 is 1.60 bits per heavy atom. The highest BCUT2D eigenvalue weighted by atomic mass is 19.4. The maximum atomic E-state index is 13.6. The van der Waals surface area contributed by atoms with Gasteiger partial charge in [-0.3, -0.25) is 9.59 Å². The molecule has 190 valence electrons. The van der Waals surface area contributed by atoms with Gasteiger partial charge < -0.3 is 20.2 Å². The summed E-state index contributed by atoms with van der Waals surface area (Å²) < 4.78 is 45.3. The summed E-state index contributed by atoms with van der Waals surface area (Å²) >= 11 is 0. The van der Waals surface area contributed by atoms with Crippen molar-refractivity contribution >= 4 is 17.8 Å². The van der Waals surface area contributed by atoms with Crippen molar-refractivity contribution < 1.29 is 37.1 Å². The molecule has 35 heavy (non-hydrogen) atoms. The van der Waals surface area contributed by atoms with Crippen LogP contribution in [0.3, 0.4) is 0 Å². The van der Waals surface area contributed by atoms with E-state index in [4.69, 9.17) is 9.90 Å². The average molecular weight is 497 g/mol. The van der Waals surface area contributed by atoms with Crippen molar-refractivity contribution in [1.29, 1.82) is 0 Å². The summed E-state index contributed by atoms with van der Waals surface area (Å²) in [5, 5.41) is 10.3. The Labute approximate surface area is 200 Å². The first-order valence-electron chi connectivity index (χ1n) is 11.0. The molecule has 11 heteroatoms. The third-order valence-corrected chi connectivity index (χ3v) is 5.18. The first-order chi connectivity index (χ1) is 16.6. The third kappa shape index (κ3) is 9.73. The number of carboxylic acids is 1. The van der Waals surface area contributed by atoms with Crippen molar-refractivity contribution in [3.8, 4) is 0 Å². The molecule has 0 aromatic heterocycles. The second kappa shape index (κ2) is 13.4. The number of amides is 2. The van der Waals surface area contributed by atoms with E-state index in [1.807, 2.05) is 35.2 Å². The number of carbonyl (C=O) groups is 3. The van der Waals surface area contributed by atoms with Crippen LogP contribution in [0.4, 0.5) is 17.6 Å². The van der Waals surface area contributed by atoms with Gasteiger partial charge in [-0.2, -0.15) is 13.2 Å². The van der Waals surface area contributed by atoms with E-state index in [9.17, 15) is 27.2 Å². The summed E-state index contributed by atoms with van der Waals surface area (Å²) in [7, 11) is 0. The predicted molar refractivity (Wildman–Crippen MR) is 120 cm³/mol. The molecule has 2 aromatic rings. The van der Waals surface area contributed by atoms with E-state index in [1.165, 1.54) is 18.2 Å². The molecule has 0 atom stereocenters. The van der Waals surface area contributed by atoms with Gasteiger partial charge in [-0.25, -0.2) is 9.18 Å². The number of rotatable bonds is 7. The van der Waals surface area contributed by atoms with Gasteiger partial charge in [-0.05, 0) is 30.2 Å². The predicted octanol–water partition coefficient (Wildman–Crippen LogP) is 2.97. The summed E-state index contributed by atoms with van der Waals surface area (Å²) in [6.07, 6.45) is -4.13. The number of carbonyl (C=O) groups excluding carboxylic acids is 2. The summed E-state index contributed by atoms with van der Waals surface area (Å²) in [4.78, 5) is 37.8. The number of halogens is 4. The normalized spacial score (nSPS) is 13.4. The van der Waals surface area contributed by atoms with Gasteiger partial charge in [-0.1, -0.05) is 36.4 Å². The number of alkyl halides is 3. The fraction of sp³-hybridized carbons (Fsp3) is 0.375. The summed E-state index contributed by atoms with van der Waals surface area (Å²) in [5.41, 5.74) is 1.43. The van der Waals surface area contributed by atoms with Crippen molar-refractivity contribution in [2.45, 2.75) is 19.0 Å². The van der Waals surface area contributed by atoms with Crippen LogP contribution in [0.5, 0.6) is 0 Å².